The zero-order chi connectivity index (χ0) is 22.5. The average molecular weight is 426 g/mol. The molecule has 0 aliphatic carbocycles. The molecular formula is C24H26O7. The van der Waals surface area contributed by atoms with Gasteiger partial charge in [0.25, 0.3) is 0 Å². The summed E-state index contributed by atoms with van der Waals surface area (Å²) in [6, 6.07) is 8.81. The summed E-state index contributed by atoms with van der Waals surface area (Å²) in [5.41, 5.74) is 2.70. The summed E-state index contributed by atoms with van der Waals surface area (Å²) >= 11 is 0. The SMILES string of the molecule is CCOC(=O)CCOc1c(-c2ccc(OC)c(OC)c2)oc2cc(C)c(C)cc2c1=O. The van der Waals surface area contributed by atoms with Crippen molar-refractivity contribution in [3.8, 4) is 28.6 Å². The van der Waals surface area contributed by atoms with Crippen LogP contribution in [0.25, 0.3) is 22.3 Å². The molecule has 0 unspecified atom stereocenters. The van der Waals surface area contributed by atoms with Gasteiger partial charge in [0.15, 0.2) is 17.3 Å². The van der Waals surface area contributed by atoms with Crippen LogP contribution in [0.4, 0.5) is 0 Å². The molecule has 0 aliphatic heterocycles. The van der Waals surface area contributed by atoms with E-state index in [1.54, 1.807) is 38.3 Å². The number of aryl methyl sites for hydroxylation is 2. The summed E-state index contributed by atoms with van der Waals surface area (Å²) in [5, 5.41) is 0.415. The molecule has 0 radical (unpaired) electrons. The van der Waals surface area contributed by atoms with Crippen LogP contribution in [0.1, 0.15) is 24.5 Å². The Balaban J connectivity index is 2.14. The van der Waals surface area contributed by atoms with E-state index in [0.29, 0.717) is 28.0 Å². The van der Waals surface area contributed by atoms with Gasteiger partial charge in [0, 0.05) is 5.56 Å². The van der Waals surface area contributed by atoms with Gasteiger partial charge in [-0.1, -0.05) is 0 Å². The lowest BCUT2D eigenvalue weighted by atomic mass is 10.0. The second-order valence-electron chi connectivity index (χ2n) is 7.00. The standard InChI is InChI=1S/C24H26O7/c1-6-29-21(25)9-10-30-24-22(26)17-11-14(2)15(3)12-19(17)31-23(24)16-7-8-18(27-4)20(13-16)28-5/h7-8,11-13H,6,9-10H2,1-5H3. The van der Waals surface area contributed by atoms with Gasteiger partial charge >= 0.3 is 5.97 Å². The normalized spacial score (nSPS) is 10.7. The highest BCUT2D eigenvalue weighted by atomic mass is 16.5. The largest absolute Gasteiger partial charge is 0.493 e. The fourth-order valence-electron chi connectivity index (χ4n) is 3.20. The molecule has 1 aromatic heterocycles. The number of benzene rings is 2. The molecule has 1 heterocycles. The Morgan fingerprint density at radius 3 is 2.39 bits per heavy atom. The van der Waals surface area contributed by atoms with Crippen molar-refractivity contribution in [1.82, 2.24) is 0 Å². The fourth-order valence-corrected chi connectivity index (χ4v) is 3.20. The van der Waals surface area contributed by atoms with Gasteiger partial charge in [0.1, 0.15) is 5.58 Å². The Kier molecular flexibility index (Phi) is 6.84. The molecule has 0 atom stereocenters. The summed E-state index contributed by atoms with van der Waals surface area (Å²) in [6.45, 7) is 5.88. The van der Waals surface area contributed by atoms with E-state index in [9.17, 15) is 9.59 Å². The fraction of sp³-hybridized carbons (Fsp3) is 0.333. The molecule has 2 aromatic carbocycles. The third-order valence-electron chi connectivity index (χ3n) is 4.97. The van der Waals surface area contributed by atoms with E-state index in [1.807, 2.05) is 19.9 Å². The Hall–Kier alpha value is -3.48. The Morgan fingerprint density at radius 2 is 1.71 bits per heavy atom. The van der Waals surface area contributed by atoms with Gasteiger partial charge in [0.2, 0.25) is 11.2 Å². The molecule has 0 spiro atoms. The number of ether oxygens (including phenoxy) is 4. The molecule has 0 N–H and O–H groups in total. The Labute approximate surface area is 180 Å². The topological polar surface area (TPSA) is 84.2 Å². The minimum atomic E-state index is -0.396. The summed E-state index contributed by atoms with van der Waals surface area (Å²) in [7, 11) is 3.07. The van der Waals surface area contributed by atoms with Crippen LogP contribution in [-0.2, 0) is 9.53 Å². The summed E-state index contributed by atoms with van der Waals surface area (Å²) in [4.78, 5) is 25.0. The van der Waals surface area contributed by atoms with Crippen molar-refractivity contribution in [2.45, 2.75) is 27.2 Å². The number of carbonyl (C=O) groups excluding carboxylic acids is 1. The van der Waals surface area contributed by atoms with Gasteiger partial charge < -0.3 is 23.4 Å². The van der Waals surface area contributed by atoms with Crippen LogP contribution in [-0.4, -0.2) is 33.4 Å². The maximum atomic E-state index is 13.3. The van der Waals surface area contributed by atoms with Gasteiger partial charge in [0.05, 0.1) is 39.2 Å². The molecule has 0 saturated carbocycles. The van der Waals surface area contributed by atoms with Crippen molar-refractivity contribution in [2.75, 3.05) is 27.4 Å². The minimum Gasteiger partial charge on any atom is -0.493 e. The highest BCUT2D eigenvalue weighted by Crippen LogP contribution is 2.37. The Bertz CT molecular complexity index is 1160. The second-order valence-corrected chi connectivity index (χ2v) is 7.00. The summed E-state index contributed by atoms with van der Waals surface area (Å²) < 4.78 is 27.5. The van der Waals surface area contributed by atoms with Gasteiger partial charge in [-0.15, -0.1) is 0 Å². The predicted octanol–water partition coefficient (Wildman–Crippen LogP) is 4.43. The van der Waals surface area contributed by atoms with Crippen LogP contribution in [0, 0.1) is 13.8 Å². The smallest absolute Gasteiger partial charge is 0.309 e. The van der Waals surface area contributed by atoms with E-state index in [1.165, 1.54) is 7.11 Å². The van der Waals surface area contributed by atoms with E-state index < -0.39 is 5.97 Å². The Morgan fingerprint density at radius 1 is 1.00 bits per heavy atom. The van der Waals surface area contributed by atoms with Crippen molar-refractivity contribution in [2.24, 2.45) is 0 Å². The molecule has 3 aromatic rings. The number of fused-ring (bicyclic) bond motifs is 1. The highest BCUT2D eigenvalue weighted by molar-refractivity contribution is 5.83. The van der Waals surface area contributed by atoms with E-state index in [0.717, 1.165) is 11.1 Å². The summed E-state index contributed by atoms with van der Waals surface area (Å²) in [6.07, 6.45) is 0.0175. The maximum absolute atomic E-state index is 13.3. The van der Waals surface area contributed by atoms with Gasteiger partial charge in [-0.3, -0.25) is 9.59 Å². The number of hydrogen-bond acceptors (Lipinski definition) is 7. The monoisotopic (exact) mass is 426 g/mol. The van der Waals surface area contributed by atoms with Crippen molar-refractivity contribution >= 4 is 16.9 Å². The van der Waals surface area contributed by atoms with Gasteiger partial charge in [-0.05, 0) is 62.2 Å². The molecule has 0 aliphatic rings. The second kappa shape index (κ2) is 9.55. The first-order chi connectivity index (χ1) is 14.9. The van der Waals surface area contributed by atoms with Crippen molar-refractivity contribution in [1.29, 1.82) is 0 Å². The first-order valence-corrected chi connectivity index (χ1v) is 9.98. The van der Waals surface area contributed by atoms with Crippen molar-refractivity contribution in [3.05, 3.63) is 51.7 Å². The molecular weight excluding hydrogens is 400 g/mol. The lowest BCUT2D eigenvalue weighted by Gasteiger charge is -2.14. The molecule has 3 rings (SSSR count). The zero-order valence-electron chi connectivity index (χ0n) is 18.4. The first kappa shape index (κ1) is 22.2. The van der Waals surface area contributed by atoms with Crippen LogP contribution in [0.3, 0.4) is 0 Å². The van der Waals surface area contributed by atoms with Crippen LogP contribution in [0.2, 0.25) is 0 Å². The molecule has 0 amide bonds. The number of carbonyl (C=O) groups is 1. The predicted molar refractivity (Wildman–Crippen MR) is 117 cm³/mol. The number of esters is 1. The van der Waals surface area contributed by atoms with E-state index in [2.05, 4.69) is 0 Å². The third-order valence-corrected chi connectivity index (χ3v) is 4.97. The molecule has 7 heteroatoms. The molecule has 0 fully saturated rings. The number of rotatable bonds is 8. The first-order valence-electron chi connectivity index (χ1n) is 9.98. The average Bonchev–Trinajstić information content (AvgIpc) is 2.76. The maximum Gasteiger partial charge on any atom is 0.309 e. The molecule has 164 valence electrons. The van der Waals surface area contributed by atoms with Crippen LogP contribution in [0.5, 0.6) is 17.2 Å². The quantitative estimate of drug-likeness (QED) is 0.493. The molecule has 7 nitrogen and oxygen atoms in total. The number of hydrogen-bond donors (Lipinski definition) is 0. The van der Waals surface area contributed by atoms with Crippen LogP contribution in [0.15, 0.2) is 39.5 Å². The van der Waals surface area contributed by atoms with Gasteiger partial charge in [-0.25, -0.2) is 0 Å². The third kappa shape index (κ3) is 4.66. The molecule has 0 saturated heterocycles. The zero-order valence-corrected chi connectivity index (χ0v) is 18.4. The van der Waals surface area contributed by atoms with E-state index in [4.69, 9.17) is 23.4 Å². The van der Waals surface area contributed by atoms with Crippen LogP contribution >= 0.6 is 0 Å². The van der Waals surface area contributed by atoms with Gasteiger partial charge in [-0.2, -0.15) is 0 Å². The van der Waals surface area contributed by atoms with E-state index in [-0.39, 0.29) is 36.6 Å². The lowest BCUT2D eigenvalue weighted by Crippen LogP contribution is -2.15. The molecule has 0 bridgehead atoms. The minimum absolute atomic E-state index is 0.0137. The summed E-state index contributed by atoms with van der Waals surface area (Å²) in [5.74, 6) is 0.926. The van der Waals surface area contributed by atoms with Crippen LogP contribution < -0.4 is 19.6 Å². The number of methoxy groups -OCH3 is 2. The molecule has 31 heavy (non-hydrogen) atoms. The highest BCUT2D eigenvalue weighted by Gasteiger charge is 2.20. The van der Waals surface area contributed by atoms with E-state index >= 15 is 0 Å². The lowest BCUT2D eigenvalue weighted by molar-refractivity contribution is -0.143. The van der Waals surface area contributed by atoms with Crippen molar-refractivity contribution < 1.29 is 28.2 Å². The van der Waals surface area contributed by atoms with Crippen molar-refractivity contribution in [3.63, 3.8) is 0 Å².